The minimum absolute atomic E-state index is 0.194. The summed E-state index contributed by atoms with van der Waals surface area (Å²) in [6.45, 7) is 5.93. The van der Waals surface area contributed by atoms with Crippen LogP contribution in [0.4, 0.5) is 0 Å². The number of ether oxygens (including phenoxy) is 1. The Morgan fingerprint density at radius 3 is 2.58 bits per heavy atom. The second-order valence-corrected chi connectivity index (χ2v) is 7.85. The van der Waals surface area contributed by atoms with Crippen molar-refractivity contribution in [3.63, 3.8) is 0 Å². The zero-order valence-corrected chi connectivity index (χ0v) is 16.0. The molecule has 0 bridgehead atoms. The Morgan fingerprint density at radius 1 is 1.27 bits per heavy atom. The molecule has 0 saturated heterocycles. The highest BCUT2D eigenvalue weighted by Gasteiger charge is 2.23. The van der Waals surface area contributed by atoms with Gasteiger partial charge < -0.3 is 15.2 Å². The third kappa shape index (κ3) is 6.57. The zero-order valence-electron chi connectivity index (χ0n) is 15.2. The van der Waals surface area contributed by atoms with E-state index in [2.05, 4.69) is 10.3 Å². The maximum Gasteiger partial charge on any atom is 0.326 e. The maximum absolute atomic E-state index is 12.3. The van der Waals surface area contributed by atoms with Gasteiger partial charge >= 0.3 is 5.97 Å². The first-order chi connectivity index (χ1) is 12.2. The molecule has 1 aromatic carbocycles. The molecular formula is C19H24N2O4S. The van der Waals surface area contributed by atoms with Crippen molar-refractivity contribution < 1.29 is 19.4 Å². The highest BCUT2D eigenvalue weighted by molar-refractivity contribution is 7.09. The monoisotopic (exact) mass is 376 g/mol. The van der Waals surface area contributed by atoms with E-state index in [4.69, 9.17) is 4.74 Å². The number of carboxylic acids is 1. The van der Waals surface area contributed by atoms with Crippen molar-refractivity contribution in [1.82, 2.24) is 10.3 Å². The number of carbonyl (C=O) groups excluding carboxylic acids is 1. The van der Waals surface area contributed by atoms with E-state index in [9.17, 15) is 14.7 Å². The number of carboxylic acid groups (broad SMARTS) is 1. The number of nitrogens with zero attached hydrogens (tertiary/aromatic N) is 1. The molecule has 0 aliphatic heterocycles. The van der Waals surface area contributed by atoms with Gasteiger partial charge in [0.1, 0.15) is 11.7 Å². The number of aliphatic carboxylic acids is 1. The first-order valence-electron chi connectivity index (χ1n) is 8.40. The van der Waals surface area contributed by atoms with Gasteiger partial charge in [-0.3, -0.25) is 4.79 Å². The zero-order chi connectivity index (χ0) is 19.2. The molecule has 0 saturated carbocycles. The molecule has 2 aromatic rings. The van der Waals surface area contributed by atoms with Gasteiger partial charge in [0.05, 0.1) is 10.6 Å². The van der Waals surface area contributed by atoms with E-state index in [1.165, 1.54) is 11.3 Å². The van der Waals surface area contributed by atoms with Gasteiger partial charge in [-0.05, 0) is 26.3 Å². The fraction of sp³-hybridized carbons (Fsp3) is 0.421. The van der Waals surface area contributed by atoms with E-state index < -0.39 is 17.9 Å². The molecule has 7 heteroatoms. The Morgan fingerprint density at radius 2 is 1.96 bits per heavy atom. The number of rotatable bonds is 8. The molecule has 0 fully saturated rings. The number of hydrogen-bond donors (Lipinski definition) is 2. The molecule has 0 aliphatic carbocycles. The largest absolute Gasteiger partial charge is 0.480 e. The van der Waals surface area contributed by atoms with Crippen molar-refractivity contribution in [2.24, 2.45) is 0 Å². The lowest BCUT2D eigenvalue weighted by molar-refractivity contribution is -0.140. The molecule has 2 N–H and O–H groups in total. The van der Waals surface area contributed by atoms with Gasteiger partial charge in [0, 0.05) is 24.8 Å². The summed E-state index contributed by atoms with van der Waals surface area (Å²) in [6.07, 6.45) is 0.833. The van der Waals surface area contributed by atoms with Crippen LogP contribution >= 0.6 is 11.3 Å². The molecule has 1 amide bonds. The number of nitrogens with one attached hydrogen (secondary N) is 1. The fourth-order valence-corrected chi connectivity index (χ4v) is 3.05. The lowest BCUT2D eigenvalue weighted by atomic mass is 10.1. The molecule has 6 nitrogen and oxygen atoms in total. The van der Waals surface area contributed by atoms with Crippen molar-refractivity contribution in [3.8, 4) is 0 Å². The van der Waals surface area contributed by atoms with Crippen LogP contribution in [0.3, 0.4) is 0 Å². The molecule has 140 valence electrons. The molecule has 0 aliphatic rings. The Hall–Kier alpha value is -2.25. The Labute approximate surface area is 157 Å². The number of hydrogen-bond acceptors (Lipinski definition) is 5. The third-order valence-electron chi connectivity index (χ3n) is 3.53. The number of aromatic nitrogens is 1. The summed E-state index contributed by atoms with van der Waals surface area (Å²) >= 11 is 1.39. The van der Waals surface area contributed by atoms with Crippen LogP contribution in [0.2, 0.25) is 0 Å². The lowest BCUT2D eigenvalue weighted by Gasteiger charge is -2.21. The van der Waals surface area contributed by atoms with Crippen molar-refractivity contribution in [1.29, 1.82) is 0 Å². The molecular weight excluding hydrogens is 352 g/mol. The van der Waals surface area contributed by atoms with Gasteiger partial charge in [-0.15, -0.1) is 11.3 Å². The Kier molecular flexibility index (Phi) is 6.88. The molecule has 26 heavy (non-hydrogen) atoms. The molecule has 0 radical (unpaired) electrons. The van der Waals surface area contributed by atoms with Crippen LogP contribution in [0.1, 0.15) is 48.3 Å². The van der Waals surface area contributed by atoms with Crippen LogP contribution in [-0.4, -0.2) is 40.2 Å². The quantitative estimate of drug-likeness (QED) is 0.739. The number of amides is 1. The summed E-state index contributed by atoms with van der Waals surface area (Å²) in [7, 11) is 0. The van der Waals surface area contributed by atoms with Gasteiger partial charge in [0.2, 0.25) is 0 Å². The van der Waals surface area contributed by atoms with E-state index in [0.717, 1.165) is 10.6 Å². The average molecular weight is 376 g/mol. The number of carbonyl (C=O) groups is 2. The highest BCUT2D eigenvalue weighted by Crippen LogP contribution is 2.15. The van der Waals surface area contributed by atoms with Crippen LogP contribution in [0.15, 0.2) is 35.7 Å². The first-order valence-corrected chi connectivity index (χ1v) is 9.28. The van der Waals surface area contributed by atoms with E-state index in [1.807, 2.05) is 51.1 Å². The van der Waals surface area contributed by atoms with Gasteiger partial charge in [-0.1, -0.05) is 30.3 Å². The SMILES string of the molecule is CC(C)(C)OCCC(NC(=O)c1csc(Cc2ccccc2)n1)C(=O)O. The summed E-state index contributed by atoms with van der Waals surface area (Å²) in [4.78, 5) is 28.0. The van der Waals surface area contributed by atoms with Crippen LogP contribution in [0.5, 0.6) is 0 Å². The van der Waals surface area contributed by atoms with Crippen LogP contribution < -0.4 is 5.32 Å². The molecule has 1 heterocycles. The minimum atomic E-state index is -1.09. The summed E-state index contributed by atoms with van der Waals surface area (Å²) in [5.74, 6) is -1.57. The molecule has 2 rings (SSSR count). The molecule has 1 aromatic heterocycles. The predicted octanol–water partition coefficient (Wildman–Crippen LogP) is 3.12. The van der Waals surface area contributed by atoms with E-state index in [0.29, 0.717) is 6.42 Å². The summed E-state index contributed by atoms with van der Waals surface area (Å²) in [5, 5.41) is 14.3. The Balaban J connectivity index is 1.93. The van der Waals surface area contributed by atoms with Gasteiger partial charge in [0.25, 0.3) is 5.91 Å². The predicted molar refractivity (Wildman–Crippen MR) is 101 cm³/mol. The topological polar surface area (TPSA) is 88.5 Å². The molecule has 1 unspecified atom stereocenters. The standard InChI is InChI=1S/C19H24N2O4S/c1-19(2,3)25-10-9-14(18(23)24)21-17(22)15-12-26-16(20-15)11-13-7-5-4-6-8-13/h4-8,12,14H,9-11H2,1-3H3,(H,21,22)(H,23,24). The number of benzene rings is 1. The smallest absolute Gasteiger partial charge is 0.326 e. The molecule has 1 atom stereocenters. The second kappa shape index (κ2) is 8.91. The lowest BCUT2D eigenvalue weighted by Crippen LogP contribution is -2.42. The normalized spacial score (nSPS) is 12.6. The molecule has 0 spiro atoms. The van der Waals surface area contributed by atoms with Crippen LogP contribution in [0.25, 0.3) is 0 Å². The number of thiazole rings is 1. The maximum atomic E-state index is 12.3. The van der Waals surface area contributed by atoms with E-state index in [-0.39, 0.29) is 24.3 Å². The summed E-state index contributed by atoms with van der Waals surface area (Å²) in [6, 6.07) is 8.83. The van der Waals surface area contributed by atoms with Crippen molar-refractivity contribution in [2.75, 3.05) is 6.61 Å². The first kappa shape index (κ1) is 20.1. The average Bonchev–Trinajstić information content (AvgIpc) is 3.02. The van der Waals surface area contributed by atoms with Gasteiger partial charge in [-0.2, -0.15) is 0 Å². The second-order valence-electron chi connectivity index (χ2n) is 6.90. The van der Waals surface area contributed by atoms with Crippen molar-refractivity contribution >= 4 is 23.2 Å². The third-order valence-corrected chi connectivity index (χ3v) is 4.38. The summed E-state index contributed by atoms with van der Waals surface area (Å²) in [5.41, 5.74) is 0.995. The van der Waals surface area contributed by atoms with Crippen LogP contribution in [0, 0.1) is 0 Å². The van der Waals surface area contributed by atoms with Crippen LogP contribution in [-0.2, 0) is 16.0 Å². The highest BCUT2D eigenvalue weighted by atomic mass is 32.1. The van der Waals surface area contributed by atoms with Gasteiger partial charge in [0.15, 0.2) is 0 Å². The van der Waals surface area contributed by atoms with E-state index in [1.54, 1.807) is 5.38 Å². The van der Waals surface area contributed by atoms with E-state index >= 15 is 0 Å². The van der Waals surface area contributed by atoms with Crippen molar-refractivity contribution in [2.45, 2.75) is 45.3 Å². The summed E-state index contributed by atoms with van der Waals surface area (Å²) < 4.78 is 5.54. The van der Waals surface area contributed by atoms with Crippen molar-refractivity contribution in [3.05, 3.63) is 52.0 Å². The fourth-order valence-electron chi connectivity index (χ4n) is 2.24. The van der Waals surface area contributed by atoms with Gasteiger partial charge in [-0.25, -0.2) is 9.78 Å². The minimum Gasteiger partial charge on any atom is -0.480 e. The Bertz CT molecular complexity index is 737.